The van der Waals surface area contributed by atoms with Crippen molar-refractivity contribution in [2.75, 3.05) is 10.7 Å². The van der Waals surface area contributed by atoms with Crippen LogP contribution in [-0.2, 0) is 6.18 Å². The number of nitrogen functional groups attached to an aromatic ring is 1. The first-order valence-corrected chi connectivity index (χ1v) is 5.58. The molecule has 21 heavy (non-hydrogen) atoms. The summed E-state index contributed by atoms with van der Waals surface area (Å²) in [5.41, 5.74) is 0.593. The van der Waals surface area contributed by atoms with E-state index in [1.807, 2.05) is 5.43 Å². The van der Waals surface area contributed by atoms with Crippen LogP contribution in [0.25, 0.3) is 0 Å². The molecule has 0 saturated carbocycles. The highest BCUT2D eigenvalue weighted by atomic mass is 19.4. The van der Waals surface area contributed by atoms with Crippen LogP contribution >= 0.6 is 0 Å². The molecular formula is C12H9F5N4. The smallest absolute Gasteiger partial charge is 0.338 e. The average Bonchev–Trinajstić information content (AvgIpc) is 2.42. The number of hydrogen-bond donors (Lipinski definition) is 3. The van der Waals surface area contributed by atoms with Crippen molar-refractivity contribution in [1.82, 2.24) is 4.98 Å². The molecule has 4 nitrogen and oxygen atoms in total. The van der Waals surface area contributed by atoms with E-state index in [1.54, 1.807) is 0 Å². The second-order valence-corrected chi connectivity index (χ2v) is 3.99. The topological polar surface area (TPSA) is 63.0 Å². The third kappa shape index (κ3) is 3.37. The van der Waals surface area contributed by atoms with Crippen LogP contribution in [0.2, 0.25) is 0 Å². The van der Waals surface area contributed by atoms with Gasteiger partial charge in [0.05, 0.1) is 11.3 Å². The fourth-order valence-corrected chi connectivity index (χ4v) is 1.57. The number of pyridine rings is 1. The first-order chi connectivity index (χ1) is 9.81. The highest BCUT2D eigenvalue weighted by Gasteiger charge is 2.31. The zero-order valence-electron chi connectivity index (χ0n) is 10.3. The van der Waals surface area contributed by atoms with Gasteiger partial charge in [0.2, 0.25) is 0 Å². The van der Waals surface area contributed by atoms with E-state index >= 15 is 0 Å². The molecule has 0 amide bonds. The zero-order chi connectivity index (χ0) is 15.6. The first kappa shape index (κ1) is 15.0. The molecule has 1 heterocycles. The summed E-state index contributed by atoms with van der Waals surface area (Å²) in [7, 11) is 0. The molecule has 0 aliphatic heterocycles. The summed E-state index contributed by atoms with van der Waals surface area (Å²) in [5, 5.41) is 2.28. The van der Waals surface area contributed by atoms with Gasteiger partial charge in [0.25, 0.3) is 0 Å². The minimum atomic E-state index is -4.63. The normalized spacial score (nSPS) is 11.3. The SMILES string of the molecule is NNc1cc(C(F)(F)F)cc(Nc2cccc(F)c2F)n1. The minimum absolute atomic E-state index is 0.274. The van der Waals surface area contributed by atoms with Crippen LogP contribution in [0.5, 0.6) is 0 Å². The molecule has 9 heteroatoms. The molecular weight excluding hydrogens is 295 g/mol. The van der Waals surface area contributed by atoms with E-state index in [-0.39, 0.29) is 17.3 Å². The molecule has 1 aromatic heterocycles. The maximum atomic E-state index is 13.5. The van der Waals surface area contributed by atoms with Gasteiger partial charge in [-0.2, -0.15) is 13.2 Å². The van der Waals surface area contributed by atoms with E-state index in [0.29, 0.717) is 12.1 Å². The van der Waals surface area contributed by atoms with Crippen LogP contribution in [0.1, 0.15) is 5.56 Å². The Morgan fingerprint density at radius 1 is 1.05 bits per heavy atom. The van der Waals surface area contributed by atoms with Crippen LogP contribution < -0.4 is 16.6 Å². The van der Waals surface area contributed by atoms with Crippen molar-refractivity contribution < 1.29 is 22.0 Å². The number of rotatable bonds is 3. The third-order valence-corrected chi connectivity index (χ3v) is 2.51. The molecule has 0 aliphatic carbocycles. The van der Waals surface area contributed by atoms with Crippen molar-refractivity contribution in [1.29, 1.82) is 0 Å². The maximum absolute atomic E-state index is 13.5. The average molecular weight is 304 g/mol. The number of nitrogens with two attached hydrogens (primary N) is 1. The van der Waals surface area contributed by atoms with Crippen molar-refractivity contribution >= 4 is 17.3 Å². The van der Waals surface area contributed by atoms with Gasteiger partial charge in [0.1, 0.15) is 11.6 Å². The Labute approximate surface area is 115 Å². The molecule has 0 radical (unpaired) electrons. The monoisotopic (exact) mass is 304 g/mol. The number of hydrazine groups is 1. The van der Waals surface area contributed by atoms with Gasteiger partial charge in [-0.25, -0.2) is 19.6 Å². The summed E-state index contributed by atoms with van der Waals surface area (Å²) >= 11 is 0. The Bertz CT molecular complexity index is 657. The lowest BCUT2D eigenvalue weighted by molar-refractivity contribution is -0.137. The second-order valence-electron chi connectivity index (χ2n) is 3.99. The molecule has 0 saturated heterocycles. The van der Waals surface area contributed by atoms with E-state index < -0.39 is 23.4 Å². The van der Waals surface area contributed by atoms with Crippen molar-refractivity contribution in [3.8, 4) is 0 Å². The Morgan fingerprint density at radius 2 is 1.71 bits per heavy atom. The molecule has 4 N–H and O–H groups in total. The number of nitrogens with zero attached hydrogens (tertiary/aromatic N) is 1. The van der Waals surface area contributed by atoms with E-state index in [4.69, 9.17) is 5.84 Å². The largest absolute Gasteiger partial charge is 0.416 e. The van der Waals surface area contributed by atoms with Crippen LogP contribution in [0, 0.1) is 11.6 Å². The number of aromatic nitrogens is 1. The Balaban J connectivity index is 2.42. The zero-order valence-corrected chi connectivity index (χ0v) is 10.3. The summed E-state index contributed by atoms with van der Waals surface area (Å²) in [5.74, 6) is 2.07. The number of halogens is 5. The van der Waals surface area contributed by atoms with Gasteiger partial charge >= 0.3 is 6.18 Å². The summed E-state index contributed by atoms with van der Waals surface area (Å²) in [6.45, 7) is 0. The third-order valence-electron chi connectivity index (χ3n) is 2.51. The number of benzene rings is 1. The molecule has 2 aromatic rings. The fourth-order valence-electron chi connectivity index (χ4n) is 1.57. The van der Waals surface area contributed by atoms with Crippen LogP contribution in [0.15, 0.2) is 30.3 Å². The van der Waals surface area contributed by atoms with Gasteiger partial charge in [0.15, 0.2) is 11.6 Å². The van der Waals surface area contributed by atoms with Crippen LogP contribution in [-0.4, -0.2) is 4.98 Å². The van der Waals surface area contributed by atoms with E-state index in [2.05, 4.69) is 10.3 Å². The van der Waals surface area contributed by atoms with Crippen molar-refractivity contribution in [3.63, 3.8) is 0 Å². The summed E-state index contributed by atoms with van der Waals surface area (Å²) in [6.07, 6.45) is -4.63. The van der Waals surface area contributed by atoms with Crippen molar-refractivity contribution in [2.45, 2.75) is 6.18 Å². The Hall–Kier alpha value is -2.42. The van der Waals surface area contributed by atoms with Crippen LogP contribution in [0.3, 0.4) is 0 Å². The standard InChI is InChI=1S/C12H9F5N4/c13-7-2-1-3-8(11(7)14)19-9-4-6(12(15,16)17)5-10(20-9)21-18/h1-5H,18H2,(H2,19,20,21). The van der Waals surface area contributed by atoms with Gasteiger partial charge in [-0.1, -0.05) is 6.07 Å². The first-order valence-electron chi connectivity index (χ1n) is 5.58. The summed E-state index contributed by atoms with van der Waals surface area (Å²) < 4.78 is 64.6. The van der Waals surface area contributed by atoms with E-state index in [9.17, 15) is 22.0 Å². The lowest BCUT2D eigenvalue weighted by atomic mass is 10.2. The number of hydrogen-bond acceptors (Lipinski definition) is 4. The quantitative estimate of drug-likeness (QED) is 0.462. The van der Waals surface area contributed by atoms with Crippen molar-refractivity contribution in [2.24, 2.45) is 5.84 Å². The number of anilines is 3. The van der Waals surface area contributed by atoms with Gasteiger partial charge in [0, 0.05) is 0 Å². The molecule has 0 atom stereocenters. The van der Waals surface area contributed by atoms with Gasteiger partial charge in [-0.3, -0.25) is 0 Å². The van der Waals surface area contributed by atoms with Gasteiger partial charge < -0.3 is 10.7 Å². The van der Waals surface area contributed by atoms with Crippen LogP contribution in [0.4, 0.5) is 39.3 Å². The number of alkyl halides is 3. The lowest BCUT2D eigenvalue weighted by Crippen LogP contribution is -2.13. The summed E-state index contributed by atoms with van der Waals surface area (Å²) in [4.78, 5) is 3.70. The number of nitrogens with one attached hydrogen (secondary N) is 2. The van der Waals surface area contributed by atoms with E-state index in [1.165, 1.54) is 6.07 Å². The Morgan fingerprint density at radius 3 is 2.33 bits per heavy atom. The molecule has 0 unspecified atom stereocenters. The van der Waals surface area contributed by atoms with Gasteiger partial charge in [-0.05, 0) is 24.3 Å². The molecule has 2 rings (SSSR count). The molecule has 112 valence electrons. The highest BCUT2D eigenvalue weighted by Crippen LogP contribution is 2.32. The van der Waals surface area contributed by atoms with E-state index in [0.717, 1.165) is 12.1 Å². The molecule has 0 aliphatic rings. The van der Waals surface area contributed by atoms with Crippen molar-refractivity contribution in [3.05, 3.63) is 47.5 Å². The maximum Gasteiger partial charge on any atom is 0.416 e. The molecule has 0 fully saturated rings. The highest BCUT2D eigenvalue weighted by molar-refractivity contribution is 5.60. The summed E-state index contributed by atoms with van der Waals surface area (Å²) in [6, 6.07) is 4.59. The minimum Gasteiger partial charge on any atom is -0.338 e. The second kappa shape index (κ2) is 5.52. The lowest BCUT2D eigenvalue weighted by Gasteiger charge is -2.13. The molecule has 0 spiro atoms. The predicted molar refractivity (Wildman–Crippen MR) is 66.7 cm³/mol. The molecule has 1 aromatic carbocycles. The fraction of sp³-hybridized carbons (Fsp3) is 0.0833. The Kier molecular flexibility index (Phi) is 3.94. The molecule has 0 bridgehead atoms. The predicted octanol–water partition coefficient (Wildman–Crippen LogP) is 3.41. The van der Waals surface area contributed by atoms with Gasteiger partial charge in [-0.15, -0.1) is 0 Å².